The molecule has 0 aliphatic rings. The molecule has 0 aromatic heterocycles. The van der Waals surface area contributed by atoms with Crippen LogP contribution in [0.25, 0.3) is 0 Å². The molecule has 0 fully saturated rings. The van der Waals surface area contributed by atoms with E-state index in [4.69, 9.17) is 26.8 Å². The molecule has 7 N–H and O–H groups in total. The number of hydrogen-bond acceptors (Lipinski definition) is 6. The summed E-state index contributed by atoms with van der Waals surface area (Å²) in [5.41, 5.74) is 7.90. The standard InChI is InChI=1S/C9H14N2O7/c10-4(1-2-5(12)13)7(16)9(11,8(17)18)3-6(14)15/h4H,1-3,10-11H2,(H,12,13)(H,14,15)(H,17,18). The van der Waals surface area contributed by atoms with Gasteiger partial charge >= 0.3 is 17.9 Å². The molecule has 0 aliphatic carbocycles. The largest absolute Gasteiger partial charge is 0.481 e. The third-order valence-corrected chi connectivity index (χ3v) is 2.26. The van der Waals surface area contributed by atoms with Crippen molar-refractivity contribution in [1.29, 1.82) is 0 Å². The van der Waals surface area contributed by atoms with Gasteiger partial charge in [-0.05, 0) is 6.42 Å². The predicted octanol–water partition coefficient (Wildman–Crippen LogP) is -2.00. The predicted molar refractivity (Wildman–Crippen MR) is 56.7 cm³/mol. The van der Waals surface area contributed by atoms with Gasteiger partial charge in [0, 0.05) is 6.42 Å². The molecule has 0 aromatic rings. The number of hydrogen-bond donors (Lipinski definition) is 5. The highest BCUT2D eigenvalue weighted by Gasteiger charge is 2.46. The molecule has 0 radical (unpaired) electrons. The van der Waals surface area contributed by atoms with E-state index in [9.17, 15) is 19.2 Å². The summed E-state index contributed by atoms with van der Waals surface area (Å²) in [6.45, 7) is 0. The molecule has 0 heterocycles. The van der Waals surface area contributed by atoms with Crippen LogP contribution in [0.15, 0.2) is 0 Å². The van der Waals surface area contributed by atoms with Crippen LogP contribution in [0.4, 0.5) is 0 Å². The molecule has 102 valence electrons. The van der Waals surface area contributed by atoms with Crippen molar-refractivity contribution in [3.8, 4) is 0 Å². The SMILES string of the molecule is NC(CCC(=O)O)C(=O)C(N)(CC(=O)O)C(=O)O. The van der Waals surface area contributed by atoms with Gasteiger partial charge in [-0.1, -0.05) is 0 Å². The minimum Gasteiger partial charge on any atom is -0.481 e. The third-order valence-electron chi connectivity index (χ3n) is 2.26. The van der Waals surface area contributed by atoms with Crippen molar-refractivity contribution >= 4 is 23.7 Å². The number of nitrogens with two attached hydrogens (primary N) is 2. The Bertz CT molecular complexity index is 381. The zero-order valence-corrected chi connectivity index (χ0v) is 9.33. The van der Waals surface area contributed by atoms with Crippen molar-refractivity contribution < 1.29 is 34.5 Å². The minimum absolute atomic E-state index is 0.319. The summed E-state index contributed by atoms with van der Waals surface area (Å²) in [5, 5.41) is 25.7. The fraction of sp³-hybridized carbons (Fsp3) is 0.556. The van der Waals surface area contributed by atoms with E-state index >= 15 is 0 Å². The van der Waals surface area contributed by atoms with Crippen LogP contribution in [0.1, 0.15) is 19.3 Å². The number of rotatable bonds is 8. The Hall–Kier alpha value is -2.00. The molecule has 0 spiro atoms. The summed E-state index contributed by atoms with van der Waals surface area (Å²) in [4.78, 5) is 43.3. The number of Topliss-reactive ketones (excluding diaryl/α,β-unsaturated/α-hetero) is 1. The summed E-state index contributed by atoms with van der Waals surface area (Å²) in [6, 6.07) is -1.44. The van der Waals surface area contributed by atoms with E-state index in [0.717, 1.165) is 0 Å². The summed E-state index contributed by atoms with van der Waals surface area (Å²) in [5.74, 6) is -5.81. The molecule has 0 bridgehead atoms. The molecule has 0 saturated carbocycles. The van der Waals surface area contributed by atoms with Crippen molar-refractivity contribution in [3.05, 3.63) is 0 Å². The van der Waals surface area contributed by atoms with Crippen LogP contribution in [0.3, 0.4) is 0 Å². The first kappa shape index (κ1) is 16.0. The van der Waals surface area contributed by atoms with Gasteiger partial charge in [0.25, 0.3) is 0 Å². The van der Waals surface area contributed by atoms with Gasteiger partial charge in [-0.3, -0.25) is 14.4 Å². The molecule has 0 saturated heterocycles. The van der Waals surface area contributed by atoms with Gasteiger partial charge in [0.05, 0.1) is 12.5 Å². The molecule has 9 heteroatoms. The number of carbonyl (C=O) groups excluding carboxylic acids is 1. The fourth-order valence-electron chi connectivity index (χ4n) is 1.25. The normalized spacial score (nSPS) is 15.4. The molecule has 18 heavy (non-hydrogen) atoms. The number of carbonyl (C=O) groups is 4. The van der Waals surface area contributed by atoms with Crippen molar-refractivity contribution in [1.82, 2.24) is 0 Å². The highest BCUT2D eigenvalue weighted by molar-refractivity contribution is 6.12. The van der Waals surface area contributed by atoms with E-state index in [1.54, 1.807) is 0 Å². The molecular formula is C9H14N2O7. The van der Waals surface area contributed by atoms with E-state index in [0.29, 0.717) is 0 Å². The minimum atomic E-state index is -2.65. The Kier molecular flexibility index (Phi) is 5.40. The molecule has 2 unspecified atom stereocenters. The van der Waals surface area contributed by atoms with E-state index in [1.807, 2.05) is 0 Å². The van der Waals surface area contributed by atoms with E-state index in [2.05, 4.69) is 0 Å². The average molecular weight is 262 g/mol. The number of carboxylic acids is 3. The molecule has 0 aliphatic heterocycles. The summed E-state index contributed by atoms with van der Waals surface area (Å²) in [7, 11) is 0. The first-order chi connectivity index (χ1) is 8.11. The van der Waals surface area contributed by atoms with Crippen molar-refractivity contribution in [2.75, 3.05) is 0 Å². The van der Waals surface area contributed by atoms with E-state index < -0.39 is 48.1 Å². The number of carboxylic acid groups (broad SMARTS) is 3. The zero-order chi connectivity index (χ0) is 14.5. The fourth-order valence-corrected chi connectivity index (χ4v) is 1.25. The Labute approximate surface area is 101 Å². The smallest absolute Gasteiger partial charge is 0.332 e. The average Bonchev–Trinajstić information content (AvgIpc) is 2.23. The van der Waals surface area contributed by atoms with Gasteiger partial charge in [-0.2, -0.15) is 0 Å². The highest BCUT2D eigenvalue weighted by atomic mass is 16.4. The van der Waals surface area contributed by atoms with Gasteiger partial charge in [0.2, 0.25) is 0 Å². The van der Waals surface area contributed by atoms with Crippen LogP contribution >= 0.6 is 0 Å². The number of aliphatic carboxylic acids is 3. The summed E-state index contributed by atoms with van der Waals surface area (Å²) < 4.78 is 0. The first-order valence-corrected chi connectivity index (χ1v) is 4.87. The zero-order valence-electron chi connectivity index (χ0n) is 9.33. The van der Waals surface area contributed by atoms with Gasteiger partial charge in [0.1, 0.15) is 0 Å². The maximum absolute atomic E-state index is 11.7. The number of ketones is 1. The third kappa shape index (κ3) is 4.11. The van der Waals surface area contributed by atoms with E-state index in [-0.39, 0.29) is 6.42 Å². The lowest BCUT2D eigenvalue weighted by atomic mass is 9.86. The highest BCUT2D eigenvalue weighted by Crippen LogP contribution is 2.13. The quantitative estimate of drug-likeness (QED) is 0.309. The van der Waals surface area contributed by atoms with Gasteiger partial charge in [-0.15, -0.1) is 0 Å². The molecule has 0 amide bonds. The van der Waals surface area contributed by atoms with Crippen LogP contribution < -0.4 is 11.5 Å². The first-order valence-electron chi connectivity index (χ1n) is 4.87. The molecular weight excluding hydrogens is 248 g/mol. The Morgan fingerprint density at radius 3 is 1.89 bits per heavy atom. The maximum atomic E-state index is 11.7. The lowest BCUT2D eigenvalue weighted by Crippen LogP contribution is -2.61. The molecule has 9 nitrogen and oxygen atoms in total. The lowest BCUT2D eigenvalue weighted by molar-refractivity contribution is -0.154. The Morgan fingerprint density at radius 2 is 1.56 bits per heavy atom. The second-order valence-corrected chi connectivity index (χ2v) is 3.75. The van der Waals surface area contributed by atoms with Crippen LogP contribution in [0.2, 0.25) is 0 Å². The Balaban J connectivity index is 4.91. The summed E-state index contributed by atoms with van der Waals surface area (Å²) in [6.07, 6.45) is -1.89. The van der Waals surface area contributed by atoms with Gasteiger partial charge in [-0.25, -0.2) is 4.79 Å². The van der Waals surface area contributed by atoms with Crippen LogP contribution in [-0.2, 0) is 19.2 Å². The summed E-state index contributed by atoms with van der Waals surface area (Å²) >= 11 is 0. The van der Waals surface area contributed by atoms with Gasteiger partial charge < -0.3 is 26.8 Å². The molecule has 0 aromatic carbocycles. The monoisotopic (exact) mass is 262 g/mol. The van der Waals surface area contributed by atoms with Crippen LogP contribution in [-0.4, -0.2) is 50.6 Å². The van der Waals surface area contributed by atoms with Crippen molar-refractivity contribution in [2.45, 2.75) is 30.8 Å². The topological polar surface area (TPSA) is 181 Å². The lowest BCUT2D eigenvalue weighted by Gasteiger charge is -2.24. The van der Waals surface area contributed by atoms with Crippen LogP contribution in [0.5, 0.6) is 0 Å². The van der Waals surface area contributed by atoms with Gasteiger partial charge in [0.15, 0.2) is 11.3 Å². The molecule has 0 rings (SSSR count). The Morgan fingerprint density at radius 1 is 1.06 bits per heavy atom. The maximum Gasteiger partial charge on any atom is 0.332 e. The second-order valence-electron chi connectivity index (χ2n) is 3.75. The van der Waals surface area contributed by atoms with Crippen molar-refractivity contribution in [2.24, 2.45) is 11.5 Å². The van der Waals surface area contributed by atoms with Crippen molar-refractivity contribution in [3.63, 3.8) is 0 Å². The van der Waals surface area contributed by atoms with Crippen LogP contribution in [0, 0.1) is 0 Å². The molecule has 2 atom stereocenters. The van der Waals surface area contributed by atoms with E-state index in [1.165, 1.54) is 0 Å². The second kappa shape index (κ2) is 6.07.